The van der Waals surface area contributed by atoms with Gasteiger partial charge in [0.15, 0.2) is 6.10 Å². The largest absolute Gasteiger partial charge is 0.487 e. The minimum absolute atomic E-state index is 0.303. The second kappa shape index (κ2) is 9.34. The van der Waals surface area contributed by atoms with Gasteiger partial charge in [-0.2, -0.15) is 0 Å². The summed E-state index contributed by atoms with van der Waals surface area (Å²) < 4.78 is 11.0. The zero-order valence-corrected chi connectivity index (χ0v) is 17.3. The zero-order chi connectivity index (χ0) is 20.8. The highest BCUT2D eigenvalue weighted by Crippen LogP contribution is 2.17. The van der Waals surface area contributed by atoms with Crippen molar-refractivity contribution in [2.75, 3.05) is 11.9 Å². The summed E-state index contributed by atoms with van der Waals surface area (Å²) in [4.78, 5) is 30.7. The fourth-order valence-corrected chi connectivity index (χ4v) is 3.25. The summed E-state index contributed by atoms with van der Waals surface area (Å²) in [5.74, 6) is -0.239. The van der Waals surface area contributed by atoms with Gasteiger partial charge in [0.2, 0.25) is 0 Å². The number of anilines is 1. The van der Waals surface area contributed by atoms with E-state index in [1.54, 1.807) is 49.6 Å². The third-order valence-electron chi connectivity index (χ3n) is 4.25. The first-order valence-corrected chi connectivity index (χ1v) is 9.99. The predicted molar refractivity (Wildman–Crippen MR) is 112 cm³/mol. The van der Waals surface area contributed by atoms with Crippen LogP contribution in [0.15, 0.2) is 60.0 Å². The molecule has 3 aromatic rings. The summed E-state index contributed by atoms with van der Waals surface area (Å²) in [5.41, 5.74) is 1.95. The lowest BCUT2D eigenvalue weighted by Crippen LogP contribution is -2.37. The molecule has 3 rings (SSSR count). The van der Waals surface area contributed by atoms with E-state index in [0.717, 1.165) is 16.4 Å². The first-order chi connectivity index (χ1) is 13.9. The van der Waals surface area contributed by atoms with Crippen LogP contribution in [0.3, 0.4) is 0 Å². The van der Waals surface area contributed by atoms with Crippen LogP contribution in [0.4, 0.5) is 5.69 Å². The molecular formula is C22H22N2O4S. The third-order valence-corrected chi connectivity index (χ3v) is 5.07. The molecule has 6 nitrogen and oxygen atoms in total. The molecule has 0 spiro atoms. The molecule has 0 saturated carbocycles. The highest BCUT2D eigenvalue weighted by atomic mass is 32.1. The zero-order valence-electron chi connectivity index (χ0n) is 16.5. The van der Waals surface area contributed by atoms with Crippen LogP contribution in [-0.4, -0.2) is 30.0 Å². The van der Waals surface area contributed by atoms with E-state index in [-0.39, 0.29) is 5.91 Å². The standard InChI is InChI=1S/C22H22N2O4S/c1-15(21(25)24(3)19-7-5-4-6-8-19)28-22(26)17-9-11-20(12-10-17)27-13-18-14-29-16(2)23-18/h4-12,14-15H,13H2,1-3H3/t15-/m1/s1. The molecule has 0 radical (unpaired) electrons. The van der Waals surface area contributed by atoms with Crippen LogP contribution in [0.2, 0.25) is 0 Å². The van der Waals surface area contributed by atoms with Crippen LogP contribution in [0.25, 0.3) is 0 Å². The number of carbonyl (C=O) groups is 2. The number of likely N-dealkylation sites (N-methyl/N-ethyl adjacent to an activating group) is 1. The lowest BCUT2D eigenvalue weighted by molar-refractivity contribution is -0.126. The number of benzene rings is 2. The molecular weight excluding hydrogens is 388 g/mol. The van der Waals surface area contributed by atoms with Crippen molar-refractivity contribution in [3.05, 3.63) is 76.2 Å². The number of hydrogen-bond acceptors (Lipinski definition) is 6. The number of thiazole rings is 1. The molecule has 0 aliphatic heterocycles. The van der Waals surface area contributed by atoms with E-state index in [1.807, 2.05) is 42.6 Å². The van der Waals surface area contributed by atoms with Crippen LogP contribution in [-0.2, 0) is 16.1 Å². The molecule has 0 fully saturated rings. The Hall–Kier alpha value is -3.19. The first-order valence-electron chi connectivity index (χ1n) is 9.11. The van der Waals surface area contributed by atoms with Crippen molar-refractivity contribution in [1.29, 1.82) is 0 Å². The van der Waals surface area contributed by atoms with Crippen LogP contribution < -0.4 is 9.64 Å². The number of aryl methyl sites for hydroxylation is 1. The predicted octanol–water partition coefficient (Wildman–Crippen LogP) is 4.24. The number of esters is 1. The van der Waals surface area contributed by atoms with Gasteiger partial charge in [0.05, 0.1) is 16.3 Å². The van der Waals surface area contributed by atoms with Crippen molar-refractivity contribution in [2.45, 2.75) is 26.6 Å². The molecule has 0 saturated heterocycles. The monoisotopic (exact) mass is 410 g/mol. The van der Waals surface area contributed by atoms with Crippen molar-refractivity contribution in [2.24, 2.45) is 0 Å². The van der Waals surface area contributed by atoms with E-state index in [2.05, 4.69) is 4.98 Å². The molecule has 1 aromatic heterocycles. The van der Waals surface area contributed by atoms with Crippen molar-refractivity contribution in [1.82, 2.24) is 4.98 Å². The molecule has 2 aromatic carbocycles. The van der Waals surface area contributed by atoms with Crippen molar-refractivity contribution < 1.29 is 19.1 Å². The maximum atomic E-state index is 12.5. The van der Waals surface area contributed by atoms with Gasteiger partial charge in [-0.15, -0.1) is 11.3 Å². The summed E-state index contributed by atoms with van der Waals surface area (Å²) in [6.07, 6.45) is -0.906. The van der Waals surface area contributed by atoms with Crippen LogP contribution in [0.5, 0.6) is 5.75 Å². The third kappa shape index (κ3) is 5.42. The fraction of sp³-hybridized carbons (Fsp3) is 0.227. The minimum Gasteiger partial charge on any atom is -0.487 e. The lowest BCUT2D eigenvalue weighted by Gasteiger charge is -2.21. The summed E-state index contributed by atoms with van der Waals surface area (Å²) in [6, 6.07) is 15.8. The Morgan fingerprint density at radius 2 is 1.79 bits per heavy atom. The number of aromatic nitrogens is 1. The second-order valence-electron chi connectivity index (χ2n) is 6.45. The SMILES string of the molecule is Cc1nc(COc2ccc(C(=O)O[C@H](C)C(=O)N(C)c3ccccc3)cc2)cs1. The lowest BCUT2D eigenvalue weighted by atomic mass is 10.2. The van der Waals surface area contributed by atoms with Crippen LogP contribution in [0, 0.1) is 6.92 Å². The van der Waals surface area contributed by atoms with Gasteiger partial charge in [-0.25, -0.2) is 9.78 Å². The van der Waals surface area contributed by atoms with Crippen LogP contribution in [0.1, 0.15) is 28.0 Å². The Morgan fingerprint density at radius 3 is 2.41 bits per heavy atom. The summed E-state index contributed by atoms with van der Waals surface area (Å²) in [6.45, 7) is 3.87. The van der Waals surface area contributed by atoms with E-state index in [9.17, 15) is 9.59 Å². The second-order valence-corrected chi connectivity index (χ2v) is 7.51. The highest BCUT2D eigenvalue weighted by Gasteiger charge is 2.23. The Labute approximate surface area is 173 Å². The number of para-hydroxylation sites is 1. The number of rotatable bonds is 7. The molecule has 0 N–H and O–H groups in total. The maximum absolute atomic E-state index is 12.5. The molecule has 1 heterocycles. The number of amides is 1. The van der Waals surface area contributed by atoms with Gasteiger partial charge < -0.3 is 14.4 Å². The number of ether oxygens (including phenoxy) is 2. The fourth-order valence-electron chi connectivity index (χ4n) is 2.65. The topological polar surface area (TPSA) is 68.7 Å². The minimum atomic E-state index is -0.906. The van der Waals surface area contributed by atoms with Crippen LogP contribution >= 0.6 is 11.3 Å². The smallest absolute Gasteiger partial charge is 0.338 e. The Balaban J connectivity index is 1.55. The normalized spacial score (nSPS) is 11.6. The van der Waals surface area contributed by atoms with Gasteiger partial charge >= 0.3 is 5.97 Å². The molecule has 0 aliphatic rings. The van der Waals surface area contributed by atoms with Gasteiger partial charge in [-0.1, -0.05) is 18.2 Å². The van der Waals surface area contributed by atoms with E-state index in [1.165, 1.54) is 4.90 Å². The number of carbonyl (C=O) groups excluding carboxylic acids is 2. The first kappa shape index (κ1) is 20.5. The maximum Gasteiger partial charge on any atom is 0.338 e. The highest BCUT2D eigenvalue weighted by molar-refractivity contribution is 7.09. The summed E-state index contributed by atoms with van der Waals surface area (Å²) >= 11 is 1.57. The van der Waals surface area contributed by atoms with Gasteiger partial charge in [0.25, 0.3) is 5.91 Å². The molecule has 0 aliphatic carbocycles. The summed E-state index contributed by atoms with van der Waals surface area (Å²) in [7, 11) is 1.65. The van der Waals surface area contributed by atoms with E-state index in [0.29, 0.717) is 17.9 Å². The summed E-state index contributed by atoms with van der Waals surface area (Å²) in [5, 5.41) is 2.94. The van der Waals surface area contributed by atoms with Crippen molar-refractivity contribution >= 4 is 28.9 Å². The van der Waals surface area contributed by atoms with Gasteiger partial charge in [-0.3, -0.25) is 4.79 Å². The van der Waals surface area contributed by atoms with Gasteiger partial charge in [0.1, 0.15) is 12.4 Å². The Bertz CT molecular complexity index is 970. The molecule has 0 unspecified atom stereocenters. The van der Waals surface area contributed by atoms with Crippen molar-refractivity contribution in [3.8, 4) is 5.75 Å². The van der Waals surface area contributed by atoms with E-state index in [4.69, 9.17) is 9.47 Å². The molecule has 1 amide bonds. The van der Waals surface area contributed by atoms with E-state index < -0.39 is 12.1 Å². The molecule has 0 bridgehead atoms. The van der Waals surface area contributed by atoms with Gasteiger partial charge in [-0.05, 0) is 50.2 Å². The number of nitrogens with zero attached hydrogens (tertiary/aromatic N) is 2. The Kier molecular flexibility index (Phi) is 6.61. The quantitative estimate of drug-likeness (QED) is 0.545. The number of hydrogen-bond donors (Lipinski definition) is 0. The van der Waals surface area contributed by atoms with Crippen molar-refractivity contribution in [3.63, 3.8) is 0 Å². The Morgan fingerprint density at radius 1 is 1.10 bits per heavy atom. The molecule has 150 valence electrons. The van der Waals surface area contributed by atoms with E-state index >= 15 is 0 Å². The van der Waals surface area contributed by atoms with Gasteiger partial charge in [0, 0.05) is 18.1 Å². The average molecular weight is 410 g/mol. The molecule has 7 heteroatoms. The molecule has 1 atom stereocenters. The molecule has 29 heavy (non-hydrogen) atoms. The average Bonchev–Trinajstić information content (AvgIpc) is 3.17.